The van der Waals surface area contributed by atoms with Gasteiger partial charge >= 0.3 is 5.97 Å². The van der Waals surface area contributed by atoms with E-state index in [1.54, 1.807) is 0 Å². The van der Waals surface area contributed by atoms with Gasteiger partial charge in [0.2, 0.25) is 0 Å². The first-order valence-corrected chi connectivity index (χ1v) is 8.04. The monoisotopic (exact) mass is 296 g/mol. The Hall–Kier alpha value is -1.10. The fourth-order valence-corrected chi connectivity index (χ4v) is 3.92. The van der Waals surface area contributed by atoms with E-state index in [9.17, 15) is 9.90 Å². The maximum atomic E-state index is 11.5. The minimum atomic E-state index is -0.864. The zero-order valence-corrected chi connectivity index (χ0v) is 13.8. The van der Waals surface area contributed by atoms with Gasteiger partial charge in [-0.05, 0) is 25.7 Å². The molecule has 0 spiro atoms. The molecule has 4 nitrogen and oxygen atoms in total. The highest BCUT2D eigenvalue weighted by molar-refractivity contribution is 7.17. The van der Waals surface area contributed by atoms with Crippen molar-refractivity contribution in [1.82, 2.24) is 4.98 Å². The Balaban J connectivity index is 2.41. The molecular weight excluding hydrogens is 272 g/mol. The van der Waals surface area contributed by atoms with Crippen molar-refractivity contribution in [1.29, 1.82) is 0 Å². The number of aromatic nitrogens is 1. The lowest BCUT2D eigenvalue weighted by molar-refractivity contribution is 0.0699. The summed E-state index contributed by atoms with van der Waals surface area (Å²) in [5.41, 5.74) is 0.461. The fraction of sp³-hybridized carbons (Fsp3) is 0.733. The second-order valence-corrected chi connectivity index (χ2v) is 7.76. The van der Waals surface area contributed by atoms with E-state index in [2.05, 4.69) is 23.7 Å². The van der Waals surface area contributed by atoms with Crippen LogP contribution in [-0.4, -0.2) is 28.6 Å². The lowest BCUT2D eigenvalue weighted by Crippen LogP contribution is -2.42. The van der Waals surface area contributed by atoms with Gasteiger partial charge in [-0.25, -0.2) is 9.78 Å². The van der Waals surface area contributed by atoms with Gasteiger partial charge in [0.1, 0.15) is 4.88 Å². The summed E-state index contributed by atoms with van der Waals surface area (Å²) in [6.07, 6.45) is 2.39. The van der Waals surface area contributed by atoms with Crippen molar-refractivity contribution < 1.29 is 9.90 Å². The van der Waals surface area contributed by atoms with Gasteiger partial charge in [-0.15, -0.1) is 0 Å². The number of aromatic carboxylic acids is 1. The molecule has 112 valence electrons. The predicted molar refractivity (Wildman–Crippen MR) is 83.0 cm³/mol. The highest BCUT2D eigenvalue weighted by Crippen LogP contribution is 2.37. The Bertz CT molecular complexity index is 504. The number of carbonyl (C=O) groups is 1. The molecule has 2 heterocycles. The zero-order chi connectivity index (χ0) is 15.1. The van der Waals surface area contributed by atoms with Gasteiger partial charge in [0.15, 0.2) is 5.13 Å². The van der Waals surface area contributed by atoms with Crippen LogP contribution in [0.2, 0.25) is 0 Å². The van der Waals surface area contributed by atoms with Crippen molar-refractivity contribution in [2.45, 2.75) is 58.9 Å². The summed E-state index contributed by atoms with van der Waals surface area (Å²) in [5.74, 6) is -0.240. The Labute approximate surface area is 124 Å². The van der Waals surface area contributed by atoms with Crippen LogP contribution in [0.3, 0.4) is 0 Å². The molecule has 1 aliphatic heterocycles. The maximum Gasteiger partial charge on any atom is 0.347 e. The normalized spacial score (nSPS) is 23.9. The van der Waals surface area contributed by atoms with E-state index in [0.29, 0.717) is 22.5 Å². The quantitative estimate of drug-likeness (QED) is 0.902. The molecule has 0 aliphatic carbocycles. The molecule has 2 rings (SSSR count). The number of carboxylic acid groups (broad SMARTS) is 1. The molecule has 0 aromatic carbocycles. The second-order valence-electron chi connectivity index (χ2n) is 6.78. The minimum absolute atomic E-state index is 0.243. The van der Waals surface area contributed by atoms with E-state index in [4.69, 9.17) is 0 Å². The number of anilines is 1. The number of nitrogens with zero attached hydrogens (tertiary/aromatic N) is 2. The average molecular weight is 296 g/mol. The molecule has 2 atom stereocenters. The molecular formula is C15H24N2O2S. The third kappa shape index (κ3) is 2.82. The van der Waals surface area contributed by atoms with Crippen molar-refractivity contribution in [2.75, 3.05) is 11.4 Å². The van der Waals surface area contributed by atoms with Gasteiger partial charge in [-0.1, -0.05) is 39.0 Å². The molecule has 1 aromatic heterocycles. The summed E-state index contributed by atoms with van der Waals surface area (Å²) in [7, 11) is 0. The number of rotatable bonds is 2. The Morgan fingerprint density at radius 3 is 2.55 bits per heavy atom. The van der Waals surface area contributed by atoms with E-state index < -0.39 is 5.97 Å². The van der Waals surface area contributed by atoms with E-state index in [1.165, 1.54) is 17.8 Å². The lowest BCUT2D eigenvalue weighted by atomic mass is 9.91. The molecule has 0 radical (unpaired) electrons. The van der Waals surface area contributed by atoms with Crippen molar-refractivity contribution >= 4 is 22.4 Å². The van der Waals surface area contributed by atoms with Crippen LogP contribution >= 0.6 is 11.3 Å². The second kappa shape index (κ2) is 5.35. The van der Waals surface area contributed by atoms with Gasteiger partial charge in [-0.2, -0.15) is 0 Å². The third-order valence-electron chi connectivity index (χ3n) is 4.14. The average Bonchev–Trinajstić information content (AvgIpc) is 2.77. The molecule has 1 saturated heterocycles. The molecule has 0 saturated carbocycles. The predicted octanol–water partition coefficient (Wildman–Crippen LogP) is 3.76. The van der Waals surface area contributed by atoms with Crippen LogP contribution in [0.4, 0.5) is 5.13 Å². The van der Waals surface area contributed by atoms with Gasteiger partial charge < -0.3 is 10.0 Å². The fourth-order valence-electron chi connectivity index (χ4n) is 2.69. The van der Waals surface area contributed by atoms with Crippen LogP contribution in [0.5, 0.6) is 0 Å². The topological polar surface area (TPSA) is 53.4 Å². The van der Waals surface area contributed by atoms with E-state index in [0.717, 1.165) is 18.1 Å². The van der Waals surface area contributed by atoms with E-state index in [1.807, 2.05) is 20.8 Å². The lowest BCUT2D eigenvalue weighted by Gasteiger charge is -2.37. The molecule has 5 heteroatoms. The van der Waals surface area contributed by atoms with Crippen molar-refractivity contribution in [3.8, 4) is 0 Å². The largest absolute Gasteiger partial charge is 0.477 e. The summed E-state index contributed by atoms with van der Waals surface area (Å²) in [6, 6.07) is 0.421. The van der Waals surface area contributed by atoms with Gasteiger partial charge in [-0.3, -0.25) is 0 Å². The summed E-state index contributed by atoms with van der Waals surface area (Å²) < 4.78 is 0. The van der Waals surface area contributed by atoms with Gasteiger partial charge in [0.25, 0.3) is 0 Å². The Kier molecular flexibility index (Phi) is 4.09. The van der Waals surface area contributed by atoms with Crippen LogP contribution in [0, 0.1) is 5.92 Å². The van der Waals surface area contributed by atoms with Gasteiger partial charge in [0, 0.05) is 18.0 Å². The third-order valence-corrected chi connectivity index (χ3v) is 5.22. The minimum Gasteiger partial charge on any atom is -0.477 e. The zero-order valence-electron chi connectivity index (χ0n) is 12.9. The smallest absolute Gasteiger partial charge is 0.347 e. The molecule has 1 N–H and O–H groups in total. The van der Waals surface area contributed by atoms with Crippen molar-refractivity contribution in [3.63, 3.8) is 0 Å². The Morgan fingerprint density at radius 1 is 1.40 bits per heavy atom. The molecule has 2 unspecified atom stereocenters. The summed E-state index contributed by atoms with van der Waals surface area (Å²) in [6.45, 7) is 11.5. The summed E-state index contributed by atoms with van der Waals surface area (Å²) in [4.78, 5) is 18.8. The van der Waals surface area contributed by atoms with Crippen LogP contribution in [0.25, 0.3) is 0 Å². The highest BCUT2D eigenvalue weighted by atomic mass is 32.1. The summed E-state index contributed by atoms with van der Waals surface area (Å²) >= 11 is 1.32. The van der Waals surface area contributed by atoms with Gasteiger partial charge in [0.05, 0.1) is 5.69 Å². The summed E-state index contributed by atoms with van der Waals surface area (Å²) in [5, 5.41) is 10.3. The number of thiazole rings is 1. The maximum absolute atomic E-state index is 11.5. The molecule has 1 aromatic rings. The molecule has 1 aliphatic rings. The van der Waals surface area contributed by atoms with Crippen molar-refractivity contribution in [2.24, 2.45) is 5.92 Å². The number of piperidine rings is 1. The van der Waals surface area contributed by atoms with Crippen LogP contribution in [-0.2, 0) is 5.41 Å². The molecule has 0 bridgehead atoms. The first kappa shape index (κ1) is 15.3. The van der Waals surface area contributed by atoms with Crippen molar-refractivity contribution in [3.05, 3.63) is 10.6 Å². The number of carboxylic acids is 1. The standard InChI is InChI=1S/C15H24N2O2S/c1-9-7-6-8-17(10(9)2)14-16-12(15(3,4)5)11(20-14)13(18)19/h9-10H,6-8H2,1-5H3,(H,18,19). The van der Waals surface area contributed by atoms with Crippen LogP contribution in [0.15, 0.2) is 0 Å². The molecule has 1 fully saturated rings. The Morgan fingerprint density at radius 2 is 2.05 bits per heavy atom. The number of hydrogen-bond acceptors (Lipinski definition) is 4. The first-order chi connectivity index (χ1) is 9.21. The van der Waals surface area contributed by atoms with E-state index >= 15 is 0 Å². The van der Waals surface area contributed by atoms with Crippen LogP contribution in [0.1, 0.15) is 62.8 Å². The molecule has 20 heavy (non-hydrogen) atoms. The highest BCUT2D eigenvalue weighted by Gasteiger charge is 2.32. The van der Waals surface area contributed by atoms with E-state index in [-0.39, 0.29) is 5.41 Å². The molecule has 0 amide bonds. The first-order valence-electron chi connectivity index (χ1n) is 7.23. The number of hydrogen-bond donors (Lipinski definition) is 1. The SMILES string of the molecule is CC1CCCN(c2nc(C(C)(C)C)c(C(=O)O)s2)C1C. The van der Waals surface area contributed by atoms with Crippen LogP contribution < -0.4 is 4.90 Å².